The van der Waals surface area contributed by atoms with Gasteiger partial charge >= 0.3 is 5.69 Å². The summed E-state index contributed by atoms with van der Waals surface area (Å²) in [5.41, 5.74) is -0.471. The van der Waals surface area contributed by atoms with Crippen molar-refractivity contribution in [3.8, 4) is 5.75 Å². The van der Waals surface area contributed by atoms with E-state index < -0.39 is 11.3 Å². The van der Waals surface area contributed by atoms with Gasteiger partial charge in [-0.05, 0) is 12.1 Å². The van der Waals surface area contributed by atoms with E-state index in [4.69, 9.17) is 4.74 Å². The Morgan fingerprint density at radius 2 is 2.11 bits per heavy atom. The van der Waals surface area contributed by atoms with E-state index in [-0.39, 0.29) is 27.9 Å². The molecule has 0 spiro atoms. The number of hydrogen-bond donors (Lipinski definition) is 0. The third-order valence-corrected chi connectivity index (χ3v) is 2.52. The summed E-state index contributed by atoms with van der Waals surface area (Å²) in [6, 6.07) is 3.57. The summed E-state index contributed by atoms with van der Waals surface area (Å²) in [6.07, 6.45) is -1.50. The van der Waals surface area contributed by atoms with Crippen LogP contribution in [0.25, 0.3) is 10.9 Å². The van der Waals surface area contributed by atoms with Crippen molar-refractivity contribution in [1.82, 2.24) is 4.98 Å². The van der Waals surface area contributed by atoms with Crippen LogP contribution in [0.3, 0.4) is 0 Å². The molecule has 1 heterocycles. The molecule has 7 heteroatoms. The van der Waals surface area contributed by atoms with Gasteiger partial charge < -0.3 is 4.74 Å². The summed E-state index contributed by atoms with van der Waals surface area (Å²) < 4.78 is 30.5. The van der Waals surface area contributed by atoms with E-state index in [2.05, 4.69) is 4.98 Å². The number of ether oxygens (including phenoxy) is 1. The van der Waals surface area contributed by atoms with Gasteiger partial charge in [0.05, 0.1) is 12.0 Å². The van der Waals surface area contributed by atoms with Crippen molar-refractivity contribution >= 4 is 16.6 Å². The predicted octanol–water partition coefficient (Wildman–Crippen LogP) is 3.09. The Morgan fingerprint density at radius 3 is 2.67 bits per heavy atom. The molecule has 0 aliphatic carbocycles. The maximum absolute atomic E-state index is 12.8. The standard InChI is InChI=1S/C11H8F2N2O3/c1-18-10-8(15(16)17)3-2-6-7(11(12)13)4-5-14-9(6)10/h2-5,11H,1H3. The zero-order valence-electron chi connectivity index (χ0n) is 9.26. The van der Waals surface area contributed by atoms with Gasteiger partial charge in [0.25, 0.3) is 6.43 Å². The Bertz CT molecular complexity index is 617. The highest BCUT2D eigenvalue weighted by Gasteiger charge is 2.21. The van der Waals surface area contributed by atoms with Gasteiger partial charge in [0, 0.05) is 23.2 Å². The van der Waals surface area contributed by atoms with E-state index >= 15 is 0 Å². The van der Waals surface area contributed by atoms with Crippen molar-refractivity contribution in [3.63, 3.8) is 0 Å². The van der Waals surface area contributed by atoms with Crippen molar-refractivity contribution < 1.29 is 18.4 Å². The van der Waals surface area contributed by atoms with Crippen molar-refractivity contribution in [1.29, 1.82) is 0 Å². The highest BCUT2D eigenvalue weighted by Crippen LogP contribution is 2.37. The molecule has 2 rings (SSSR count). The fourth-order valence-electron chi connectivity index (χ4n) is 1.74. The highest BCUT2D eigenvalue weighted by atomic mass is 19.3. The number of alkyl halides is 2. The number of nitrogens with zero attached hydrogens (tertiary/aromatic N) is 2. The molecule has 0 saturated heterocycles. The molecule has 0 radical (unpaired) electrons. The molecule has 2 aromatic rings. The second-order valence-corrected chi connectivity index (χ2v) is 3.47. The van der Waals surface area contributed by atoms with Gasteiger partial charge in [0.1, 0.15) is 5.52 Å². The Kier molecular flexibility index (Phi) is 3.05. The lowest BCUT2D eigenvalue weighted by Crippen LogP contribution is -1.97. The second-order valence-electron chi connectivity index (χ2n) is 3.47. The number of fused-ring (bicyclic) bond motifs is 1. The van der Waals surface area contributed by atoms with Gasteiger partial charge in [-0.25, -0.2) is 8.78 Å². The van der Waals surface area contributed by atoms with Crippen LogP contribution >= 0.6 is 0 Å². The molecular weight excluding hydrogens is 246 g/mol. The highest BCUT2D eigenvalue weighted by molar-refractivity contribution is 5.90. The Balaban J connectivity index is 2.83. The molecule has 0 N–H and O–H groups in total. The van der Waals surface area contributed by atoms with Crippen LogP contribution in [0, 0.1) is 10.1 Å². The smallest absolute Gasteiger partial charge is 0.313 e. The molecule has 94 valence electrons. The van der Waals surface area contributed by atoms with Crippen LogP contribution < -0.4 is 4.74 Å². The van der Waals surface area contributed by atoms with Crippen LogP contribution in [0.4, 0.5) is 14.5 Å². The number of halogens is 2. The summed E-state index contributed by atoms with van der Waals surface area (Å²) in [7, 11) is 1.23. The molecule has 0 atom stereocenters. The van der Waals surface area contributed by atoms with Gasteiger partial charge in [0.2, 0.25) is 5.75 Å². The number of hydrogen-bond acceptors (Lipinski definition) is 4. The molecule has 1 aromatic carbocycles. The minimum atomic E-state index is -2.68. The number of aromatic nitrogens is 1. The predicted molar refractivity (Wildman–Crippen MR) is 59.9 cm³/mol. The van der Waals surface area contributed by atoms with E-state index in [1.165, 1.54) is 25.4 Å². The third-order valence-electron chi connectivity index (χ3n) is 2.52. The largest absolute Gasteiger partial charge is 0.489 e. The summed E-state index contributed by atoms with van der Waals surface area (Å²) in [4.78, 5) is 14.0. The Morgan fingerprint density at radius 1 is 1.39 bits per heavy atom. The molecule has 5 nitrogen and oxygen atoms in total. The first-order chi connectivity index (χ1) is 8.56. The van der Waals surface area contributed by atoms with Crippen molar-refractivity contribution in [2.45, 2.75) is 6.43 Å². The van der Waals surface area contributed by atoms with Crippen LogP contribution in [0.5, 0.6) is 5.75 Å². The monoisotopic (exact) mass is 254 g/mol. The first-order valence-corrected chi connectivity index (χ1v) is 4.94. The molecule has 0 unspecified atom stereocenters. The third kappa shape index (κ3) is 1.83. The maximum atomic E-state index is 12.8. The zero-order chi connectivity index (χ0) is 13.3. The molecular formula is C11H8F2N2O3. The minimum Gasteiger partial charge on any atom is -0.489 e. The van der Waals surface area contributed by atoms with Crippen molar-refractivity contribution in [2.24, 2.45) is 0 Å². The van der Waals surface area contributed by atoms with Gasteiger partial charge in [-0.2, -0.15) is 0 Å². The van der Waals surface area contributed by atoms with Crippen LogP contribution in [0.1, 0.15) is 12.0 Å². The fraction of sp³-hybridized carbons (Fsp3) is 0.182. The number of benzene rings is 1. The van der Waals surface area contributed by atoms with Crippen LogP contribution in [-0.2, 0) is 0 Å². The van der Waals surface area contributed by atoms with E-state index in [0.29, 0.717) is 0 Å². The van der Waals surface area contributed by atoms with Gasteiger partial charge in [-0.1, -0.05) is 0 Å². The summed E-state index contributed by atoms with van der Waals surface area (Å²) in [5, 5.41) is 10.9. The SMILES string of the molecule is COc1c([N+](=O)[O-])ccc2c(C(F)F)ccnc12. The number of rotatable bonds is 3. The summed E-state index contributed by atoms with van der Waals surface area (Å²) in [6.45, 7) is 0. The number of nitro groups is 1. The lowest BCUT2D eigenvalue weighted by Gasteiger charge is -2.08. The Labute approximate surface area is 100 Å². The maximum Gasteiger partial charge on any atom is 0.313 e. The number of pyridine rings is 1. The molecule has 1 aromatic heterocycles. The Hall–Kier alpha value is -2.31. The number of nitro benzene ring substituents is 1. The molecule has 0 amide bonds. The van der Waals surface area contributed by atoms with Crippen LogP contribution in [0.2, 0.25) is 0 Å². The summed E-state index contributed by atoms with van der Waals surface area (Å²) >= 11 is 0. The first-order valence-electron chi connectivity index (χ1n) is 4.94. The number of methoxy groups -OCH3 is 1. The molecule has 0 saturated carbocycles. The first kappa shape index (κ1) is 12.2. The fourth-order valence-corrected chi connectivity index (χ4v) is 1.74. The van der Waals surface area contributed by atoms with Crippen LogP contribution in [0.15, 0.2) is 24.4 Å². The minimum absolute atomic E-state index is 0.0597. The lowest BCUT2D eigenvalue weighted by molar-refractivity contribution is -0.385. The quantitative estimate of drug-likeness (QED) is 0.623. The average Bonchev–Trinajstić information content (AvgIpc) is 2.35. The molecule has 0 bridgehead atoms. The second kappa shape index (κ2) is 4.52. The zero-order valence-corrected chi connectivity index (χ0v) is 9.26. The molecule has 0 fully saturated rings. The molecule has 0 aliphatic heterocycles. The average molecular weight is 254 g/mol. The van der Waals surface area contributed by atoms with E-state index in [9.17, 15) is 18.9 Å². The van der Waals surface area contributed by atoms with E-state index in [0.717, 1.165) is 6.07 Å². The summed E-state index contributed by atoms with van der Waals surface area (Å²) in [5.74, 6) is -0.111. The van der Waals surface area contributed by atoms with E-state index in [1.807, 2.05) is 0 Å². The van der Waals surface area contributed by atoms with Crippen molar-refractivity contribution in [3.05, 3.63) is 40.1 Å². The van der Waals surface area contributed by atoms with Gasteiger partial charge in [0.15, 0.2) is 0 Å². The molecule has 0 aliphatic rings. The molecule has 18 heavy (non-hydrogen) atoms. The topological polar surface area (TPSA) is 65.3 Å². The van der Waals surface area contributed by atoms with E-state index in [1.54, 1.807) is 0 Å². The lowest BCUT2D eigenvalue weighted by atomic mass is 10.1. The normalized spacial score (nSPS) is 10.9. The van der Waals surface area contributed by atoms with Gasteiger partial charge in [-0.3, -0.25) is 15.1 Å². The van der Waals surface area contributed by atoms with Crippen LogP contribution in [-0.4, -0.2) is 17.0 Å². The van der Waals surface area contributed by atoms with Crippen molar-refractivity contribution in [2.75, 3.05) is 7.11 Å². The van der Waals surface area contributed by atoms with Gasteiger partial charge in [-0.15, -0.1) is 0 Å².